The summed E-state index contributed by atoms with van der Waals surface area (Å²) in [6.45, 7) is 2.66. The van der Waals surface area contributed by atoms with Crippen molar-refractivity contribution >= 4 is 0 Å². The zero-order chi connectivity index (χ0) is 13.8. The van der Waals surface area contributed by atoms with Crippen LogP contribution in [0.5, 0.6) is 5.75 Å². The second-order valence-corrected chi connectivity index (χ2v) is 4.06. The Labute approximate surface area is 111 Å². The molecule has 0 radical (unpaired) electrons. The molecule has 0 spiro atoms. The van der Waals surface area contributed by atoms with Crippen molar-refractivity contribution < 1.29 is 9.13 Å². The van der Waals surface area contributed by atoms with Crippen LogP contribution in [0.2, 0.25) is 0 Å². The number of aromatic nitrogens is 2. The van der Waals surface area contributed by atoms with E-state index < -0.39 is 6.04 Å². The summed E-state index contributed by atoms with van der Waals surface area (Å²) < 4.78 is 20.9. The summed E-state index contributed by atoms with van der Waals surface area (Å²) >= 11 is 0. The highest BCUT2D eigenvalue weighted by Gasteiger charge is 2.20. The SMILES string of the molecule is CCn1nccc1C(NN)c1ccc(OC)cc1F. The number of nitrogens with one attached hydrogen (secondary N) is 1. The Balaban J connectivity index is 2.42. The van der Waals surface area contributed by atoms with Gasteiger partial charge in [0.05, 0.1) is 18.8 Å². The molecule has 0 amide bonds. The maximum Gasteiger partial charge on any atom is 0.132 e. The zero-order valence-corrected chi connectivity index (χ0v) is 10.9. The van der Waals surface area contributed by atoms with Crippen molar-refractivity contribution in [2.24, 2.45) is 5.84 Å². The van der Waals surface area contributed by atoms with E-state index in [4.69, 9.17) is 10.6 Å². The Morgan fingerprint density at radius 2 is 2.26 bits per heavy atom. The number of nitrogens with zero attached hydrogens (tertiary/aromatic N) is 2. The number of halogens is 1. The molecule has 0 aliphatic heterocycles. The van der Waals surface area contributed by atoms with Crippen molar-refractivity contribution in [3.05, 3.63) is 47.5 Å². The molecular weight excluding hydrogens is 247 g/mol. The van der Waals surface area contributed by atoms with Gasteiger partial charge in [-0.05, 0) is 19.1 Å². The van der Waals surface area contributed by atoms with Crippen molar-refractivity contribution in [3.8, 4) is 5.75 Å². The molecule has 2 rings (SSSR count). The lowest BCUT2D eigenvalue weighted by Crippen LogP contribution is -2.31. The maximum atomic E-state index is 14.1. The average Bonchev–Trinajstić information content (AvgIpc) is 2.89. The molecule has 0 aliphatic carbocycles. The molecule has 1 heterocycles. The number of hydrogen-bond acceptors (Lipinski definition) is 4. The number of hydrogen-bond donors (Lipinski definition) is 2. The lowest BCUT2D eigenvalue weighted by Gasteiger charge is -2.18. The number of hydrazine groups is 1. The van der Waals surface area contributed by atoms with Gasteiger partial charge in [0.15, 0.2) is 0 Å². The minimum absolute atomic E-state index is 0.369. The third-order valence-electron chi connectivity index (χ3n) is 3.03. The molecule has 1 aromatic heterocycles. The summed E-state index contributed by atoms with van der Waals surface area (Å²) in [5.74, 6) is 5.67. The maximum absolute atomic E-state index is 14.1. The van der Waals surface area contributed by atoms with Gasteiger partial charge in [0, 0.05) is 24.4 Å². The van der Waals surface area contributed by atoms with Crippen LogP contribution in [0.3, 0.4) is 0 Å². The second-order valence-electron chi connectivity index (χ2n) is 4.06. The monoisotopic (exact) mass is 264 g/mol. The molecule has 3 N–H and O–H groups in total. The fraction of sp³-hybridized carbons (Fsp3) is 0.308. The van der Waals surface area contributed by atoms with Crippen molar-refractivity contribution in [1.82, 2.24) is 15.2 Å². The predicted molar refractivity (Wildman–Crippen MR) is 70.0 cm³/mol. The van der Waals surface area contributed by atoms with E-state index in [0.29, 0.717) is 17.9 Å². The first-order valence-electron chi connectivity index (χ1n) is 6.02. The highest BCUT2D eigenvalue weighted by molar-refractivity contribution is 5.34. The lowest BCUT2D eigenvalue weighted by molar-refractivity contribution is 0.409. The van der Waals surface area contributed by atoms with Crippen molar-refractivity contribution in [2.45, 2.75) is 19.5 Å². The van der Waals surface area contributed by atoms with Crippen LogP contribution in [0.1, 0.15) is 24.2 Å². The topological polar surface area (TPSA) is 65.1 Å². The van der Waals surface area contributed by atoms with Crippen LogP contribution < -0.4 is 16.0 Å². The molecule has 1 atom stereocenters. The first kappa shape index (κ1) is 13.5. The van der Waals surface area contributed by atoms with Crippen LogP contribution in [-0.4, -0.2) is 16.9 Å². The van der Waals surface area contributed by atoms with Crippen LogP contribution in [0.25, 0.3) is 0 Å². The molecule has 1 unspecified atom stereocenters. The highest BCUT2D eigenvalue weighted by atomic mass is 19.1. The summed E-state index contributed by atoms with van der Waals surface area (Å²) in [4.78, 5) is 0. The predicted octanol–water partition coefficient (Wildman–Crippen LogP) is 1.60. The zero-order valence-electron chi connectivity index (χ0n) is 10.9. The van der Waals surface area contributed by atoms with Gasteiger partial charge in [0.1, 0.15) is 11.6 Å². The van der Waals surface area contributed by atoms with E-state index in [9.17, 15) is 4.39 Å². The van der Waals surface area contributed by atoms with Crippen LogP contribution in [0.4, 0.5) is 4.39 Å². The van der Waals surface area contributed by atoms with E-state index in [-0.39, 0.29) is 5.82 Å². The Bertz CT molecular complexity index is 555. The van der Waals surface area contributed by atoms with E-state index in [1.54, 1.807) is 23.0 Å². The van der Waals surface area contributed by atoms with Crippen molar-refractivity contribution in [3.63, 3.8) is 0 Å². The van der Waals surface area contributed by atoms with Gasteiger partial charge in [-0.1, -0.05) is 6.07 Å². The number of rotatable bonds is 5. The van der Waals surface area contributed by atoms with Crippen LogP contribution in [0, 0.1) is 5.82 Å². The first-order chi connectivity index (χ1) is 9.21. The van der Waals surface area contributed by atoms with Crippen molar-refractivity contribution in [2.75, 3.05) is 7.11 Å². The number of nitrogens with two attached hydrogens (primary N) is 1. The summed E-state index contributed by atoms with van der Waals surface area (Å²) in [6.07, 6.45) is 1.67. The molecule has 0 fully saturated rings. The number of aryl methyl sites for hydroxylation is 1. The van der Waals surface area contributed by atoms with E-state index >= 15 is 0 Å². The number of methoxy groups -OCH3 is 1. The average molecular weight is 264 g/mol. The fourth-order valence-corrected chi connectivity index (χ4v) is 2.06. The molecule has 0 aliphatic rings. The van der Waals surface area contributed by atoms with Gasteiger partial charge in [0.25, 0.3) is 0 Å². The van der Waals surface area contributed by atoms with Gasteiger partial charge in [-0.15, -0.1) is 0 Å². The number of benzene rings is 1. The normalized spacial score (nSPS) is 12.4. The molecule has 19 heavy (non-hydrogen) atoms. The standard InChI is InChI=1S/C13H17FN4O/c1-3-18-12(6-7-16-18)13(17-15)10-5-4-9(19-2)8-11(10)14/h4-8,13,17H,3,15H2,1-2H3. The van der Waals surface area contributed by atoms with Crippen LogP contribution in [-0.2, 0) is 6.54 Å². The second kappa shape index (κ2) is 5.81. The molecule has 0 saturated heterocycles. The Hall–Kier alpha value is -1.92. The molecule has 2 aromatic rings. The van der Waals surface area contributed by atoms with Gasteiger partial charge >= 0.3 is 0 Å². The van der Waals surface area contributed by atoms with Gasteiger partial charge < -0.3 is 4.74 Å². The summed E-state index contributed by atoms with van der Waals surface area (Å²) in [5, 5.41) is 4.17. The summed E-state index contributed by atoms with van der Waals surface area (Å²) in [7, 11) is 1.50. The Morgan fingerprint density at radius 1 is 1.47 bits per heavy atom. The van der Waals surface area contributed by atoms with E-state index in [1.165, 1.54) is 13.2 Å². The number of ether oxygens (including phenoxy) is 1. The minimum Gasteiger partial charge on any atom is -0.497 e. The molecule has 102 valence electrons. The highest BCUT2D eigenvalue weighted by Crippen LogP contribution is 2.26. The van der Waals surface area contributed by atoms with Crippen molar-refractivity contribution in [1.29, 1.82) is 0 Å². The summed E-state index contributed by atoms with van der Waals surface area (Å²) in [6, 6.07) is 6.07. The Kier molecular flexibility index (Phi) is 4.13. The van der Waals surface area contributed by atoms with E-state index in [0.717, 1.165) is 5.69 Å². The smallest absolute Gasteiger partial charge is 0.132 e. The molecule has 5 nitrogen and oxygen atoms in total. The van der Waals surface area contributed by atoms with Gasteiger partial charge in [-0.25, -0.2) is 9.82 Å². The quantitative estimate of drug-likeness (QED) is 0.636. The third-order valence-corrected chi connectivity index (χ3v) is 3.03. The van der Waals surface area contributed by atoms with E-state index in [2.05, 4.69) is 10.5 Å². The van der Waals surface area contributed by atoms with E-state index in [1.807, 2.05) is 13.0 Å². The fourth-order valence-electron chi connectivity index (χ4n) is 2.06. The Morgan fingerprint density at radius 3 is 2.84 bits per heavy atom. The largest absolute Gasteiger partial charge is 0.497 e. The van der Waals surface area contributed by atoms with Crippen LogP contribution >= 0.6 is 0 Å². The molecule has 0 bridgehead atoms. The minimum atomic E-state index is -0.451. The lowest BCUT2D eigenvalue weighted by atomic mass is 10.0. The van der Waals surface area contributed by atoms with Gasteiger partial charge in [0.2, 0.25) is 0 Å². The summed E-state index contributed by atoms with van der Waals surface area (Å²) in [5.41, 5.74) is 3.90. The van der Waals surface area contributed by atoms with Gasteiger partial charge in [-0.2, -0.15) is 5.10 Å². The van der Waals surface area contributed by atoms with Crippen LogP contribution in [0.15, 0.2) is 30.5 Å². The van der Waals surface area contributed by atoms with Gasteiger partial charge in [-0.3, -0.25) is 10.5 Å². The molecular formula is C13H17FN4O. The third kappa shape index (κ3) is 2.59. The molecule has 0 saturated carbocycles. The molecule has 6 heteroatoms. The first-order valence-corrected chi connectivity index (χ1v) is 6.02. The molecule has 1 aromatic carbocycles.